The van der Waals surface area contributed by atoms with Gasteiger partial charge in [-0.25, -0.2) is 14.5 Å². The van der Waals surface area contributed by atoms with Crippen molar-refractivity contribution in [1.82, 2.24) is 5.32 Å². The third-order valence-electron chi connectivity index (χ3n) is 5.53. The minimum atomic E-state index is -1.01. The number of rotatable bonds is 8. The SMILES string of the molecule is COc1ccc(N2C(=O)NC(=O)C(=Cc3ccc(OCc4ccc(C(=O)O)cc4)c(OC)c3)C2=O)cc1. The van der Waals surface area contributed by atoms with Crippen LogP contribution in [0.1, 0.15) is 21.5 Å². The Balaban J connectivity index is 1.55. The summed E-state index contributed by atoms with van der Waals surface area (Å²) in [5.41, 5.74) is 1.44. The van der Waals surface area contributed by atoms with Gasteiger partial charge in [-0.15, -0.1) is 0 Å². The first kappa shape index (κ1) is 25.0. The van der Waals surface area contributed by atoms with Crippen LogP contribution in [0, 0.1) is 0 Å². The number of carbonyl (C=O) groups is 4. The second-order valence-electron chi connectivity index (χ2n) is 7.86. The van der Waals surface area contributed by atoms with Gasteiger partial charge in [-0.2, -0.15) is 0 Å². The summed E-state index contributed by atoms with van der Waals surface area (Å²) in [6.07, 6.45) is 1.36. The number of carboxylic acid groups (broad SMARTS) is 1. The molecule has 3 aromatic rings. The largest absolute Gasteiger partial charge is 0.497 e. The first-order chi connectivity index (χ1) is 17.8. The van der Waals surface area contributed by atoms with E-state index in [9.17, 15) is 19.2 Å². The van der Waals surface area contributed by atoms with Crippen molar-refractivity contribution in [2.45, 2.75) is 6.61 Å². The van der Waals surface area contributed by atoms with Gasteiger partial charge in [-0.3, -0.25) is 14.9 Å². The van der Waals surface area contributed by atoms with E-state index in [1.165, 1.54) is 44.6 Å². The van der Waals surface area contributed by atoms with Crippen molar-refractivity contribution in [2.24, 2.45) is 0 Å². The summed E-state index contributed by atoms with van der Waals surface area (Å²) >= 11 is 0. The number of carbonyl (C=O) groups excluding carboxylic acids is 3. The number of ether oxygens (including phenoxy) is 3. The minimum Gasteiger partial charge on any atom is -0.497 e. The van der Waals surface area contributed by atoms with Gasteiger partial charge in [-0.05, 0) is 65.7 Å². The maximum absolute atomic E-state index is 13.1. The average molecular weight is 502 g/mol. The molecule has 0 aliphatic carbocycles. The number of carboxylic acids is 1. The first-order valence-corrected chi connectivity index (χ1v) is 11.0. The summed E-state index contributed by atoms with van der Waals surface area (Å²) in [6, 6.07) is 16.5. The molecule has 37 heavy (non-hydrogen) atoms. The summed E-state index contributed by atoms with van der Waals surface area (Å²) in [6.45, 7) is 0.163. The summed E-state index contributed by atoms with van der Waals surface area (Å²) in [5, 5.41) is 11.2. The quantitative estimate of drug-likeness (QED) is 0.353. The zero-order valence-corrected chi connectivity index (χ0v) is 19.9. The Bertz CT molecular complexity index is 1390. The Morgan fingerprint density at radius 1 is 0.919 bits per heavy atom. The molecular weight excluding hydrogens is 480 g/mol. The fourth-order valence-corrected chi connectivity index (χ4v) is 3.59. The van der Waals surface area contributed by atoms with Crippen LogP contribution in [-0.2, 0) is 16.2 Å². The Morgan fingerprint density at radius 2 is 1.62 bits per heavy atom. The van der Waals surface area contributed by atoms with Gasteiger partial charge in [0.25, 0.3) is 11.8 Å². The number of nitrogens with zero attached hydrogens (tertiary/aromatic N) is 1. The molecule has 0 bridgehead atoms. The van der Waals surface area contributed by atoms with Gasteiger partial charge in [0, 0.05) is 0 Å². The van der Waals surface area contributed by atoms with Crippen molar-refractivity contribution in [3.8, 4) is 17.2 Å². The predicted octanol–water partition coefficient (Wildman–Crippen LogP) is 3.65. The third-order valence-corrected chi connectivity index (χ3v) is 5.53. The van der Waals surface area contributed by atoms with E-state index in [-0.39, 0.29) is 23.4 Å². The van der Waals surface area contributed by atoms with E-state index in [2.05, 4.69) is 5.32 Å². The van der Waals surface area contributed by atoms with E-state index in [0.717, 1.165) is 10.5 Å². The van der Waals surface area contributed by atoms with E-state index in [0.29, 0.717) is 22.8 Å². The van der Waals surface area contributed by atoms with Crippen LogP contribution in [0.4, 0.5) is 10.5 Å². The number of aromatic carboxylic acids is 1. The highest BCUT2D eigenvalue weighted by Crippen LogP contribution is 2.31. The number of imide groups is 2. The molecule has 3 aromatic carbocycles. The van der Waals surface area contributed by atoms with Gasteiger partial charge < -0.3 is 19.3 Å². The van der Waals surface area contributed by atoms with Crippen LogP contribution in [0.5, 0.6) is 17.2 Å². The van der Waals surface area contributed by atoms with Crippen molar-refractivity contribution in [1.29, 1.82) is 0 Å². The van der Waals surface area contributed by atoms with Gasteiger partial charge in [0.05, 0.1) is 25.5 Å². The Hall–Kier alpha value is -5.12. The van der Waals surface area contributed by atoms with Crippen LogP contribution in [0.25, 0.3) is 6.08 Å². The zero-order valence-electron chi connectivity index (χ0n) is 19.9. The Labute approximate surface area is 211 Å². The van der Waals surface area contributed by atoms with E-state index in [4.69, 9.17) is 19.3 Å². The molecule has 0 spiro atoms. The minimum absolute atomic E-state index is 0.163. The molecule has 4 rings (SSSR count). The number of hydrogen-bond donors (Lipinski definition) is 2. The fourth-order valence-electron chi connectivity index (χ4n) is 3.59. The molecule has 0 atom stereocenters. The lowest BCUT2D eigenvalue weighted by atomic mass is 10.1. The van der Waals surface area contributed by atoms with Crippen molar-refractivity contribution < 1.29 is 38.5 Å². The lowest BCUT2D eigenvalue weighted by Crippen LogP contribution is -2.54. The van der Waals surface area contributed by atoms with Crippen molar-refractivity contribution in [2.75, 3.05) is 19.1 Å². The maximum atomic E-state index is 13.1. The van der Waals surface area contributed by atoms with Crippen molar-refractivity contribution >= 4 is 35.6 Å². The molecule has 4 amide bonds. The highest BCUT2D eigenvalue weighted by atomic mass is 16.5. The molecule has 10 nitrogen and oxygen atoms in total. The third kappa shape index (κ3) is 5.43. The molecule has 1 heterocycles. The number of nitrogens with one attached hydrogen (secondary N) is 1. The highest BCUT2D eigenvalue weighted by molar-refractivity contribution is 6.39. The molecule has 188 valence electrons. The number of amides is 4. The van der Waals surface area contributed by atoms with Crippen LogP contribution in [0.15, 0.2) is 72.3 Å². The fraction of sp³-hybridized carbons (Fsp3) is 0.111. The van der Waals surface area contributed by atoms with Gasteiger partial charge in [-0.1, -0.05) is 18.2 Å². The normalized spacial score (nSPS) is 14.4. The van der Waals surface area contributed by atoms with Gasteiger partial charge >= 0.3 is 12.0 Å². The number of methoxy groups -OCH3 is 2. The molecule has 1 aliphatic heterocycles. The number of barbiturate groups is 1. The monoisotopic (exact) mass is 502 g/mol. The standard InChI is InChI=1S/C27H22N2O8/c1-35-20-10-8-19(9-11-20)29-25(31)21(24(30)28-27(29)34)13-17-5-12-22(23(14-17)36-2)37-15-16-3-6-18(7-4-16)26(32)33/h3-14H,15H2,1-2H3,(H,32,33)(H,28,30,34). The molecule has 10 heteroatoms. The topological polar surface area (TPSA) is 131 Å². The van der Waals surface area contributed by atoms with Crippen LogP contribution < -0.4 is 24.4 Å². The average Bonchev–Trinajstić information content (AvgIpc) is 2.90. The summed E-state index contributed by atoms with van der Waals surface area (Å²) in [4.78, 5) is 49.9. The van der Waals surface area contributed by atoms with E-state index in [1.54, 1.807) is 42.5 Å². The van der Waals surface area contributed by atoms with E-state index < -0.39 is 23.8 Å². The lowest BCUT2D eigenvalue weighted by Gasteiger charge is -2.26. The molecule has 0 unspecified atom stereocenters. The molecular formula is C27H22N2O8. The Morgan fingerprint density at radius 3 is 2.24 bits per heavy atom. The van der Waals surface area contributed by atoms with E-state index in [1.807, 2.05) is 0 Å². The molecule has 1 aliphatic rings. The van der Waals surface area contributed by atoms with Gasteiger partial charge in [0.15, 0.2) is 11.5 Å². The first-order valence-electron chi connectivity index (χ1n) is 11.0. The smallest absolute Gasteiger partial charge is 0.335 e. The maximum Gasteiger partial charge on any atom is 0.335 e. The zero-order chi connectivity index (χ0) is 26.5. The summed E-state index contributed by atoms with van der Waals surface area (Å²) in [7, 11) is 2.94. The summed E-state index contributed by atoms with van der Waals surface area (Å²) in [5.74, 6) is -1.30. The predicted molar refractivity (Wildman–Crippen MR) is 133 cm³/mol. The van der Waals surface area contributed by atoms with E-state index >= 15 is 0 Å². The molecule has 0 saturated carbocycles. The molecule has 0 aromatic heterocycles. The van der Waals surface area contributed by atoms with Crippen LogP contribution >= 0.6 is 0 Å². The highest BCUT2D eigenvalue weighted by Gasteiger charge is 2.36. The number of anilines is 1. The lowest BCUT2D eigenvalue weighted by molar-refractivity contribution is -0.122. The van der Waals surface area contributed by atoms with Crippen LogP contribution in [0.2, 0.25) is 0 Å². The van der Waals surface area contributed by atoms with Crippen molar-refractivity contribution in [3.05, 3.63) is 89.0 Å². The second kappa shape index (κ2) is 10.6. The second-order valence-corrected chi connectivity index (χ2v) is 7.86. The van der Waals surface area contributed by atoms with Gasteiger partial charge in [0.1, 0.15) is 17.9 Å². The molecule has 0 radical (unpaired) electrons. The number of urea groups is 1. The van der Waals surface area contributed by atoms with Gasteiger partial charge in [0.2, 0.25) is 0 Å². The number of benzene rings is 3. The van der Waals surface area contributed by atoms with Crippen LogP contribution in [-0.4, -0.2) is 43.1 Å². The molecule has 1 fully saturated rings. The summed E-state index contributed by atoms with van der Waals surface area (Å²) < 4.78 is 16.3. The van der Waals surface area contributed by atoms with Crippen LogP contribution in [0.3, 0.4) is 0 Å². The molecule has 2 N–H and O–H groups in total. The number of hydrogen-bond acceptors (Lipinski definition) is 7. The molecule has 1 saturated heterocycles. The Kier molecular flexibility index (Phi) is 7.19. The van der Waals surface area contributed by atoms with Crippen molar-refractivity contribution in [3.63, 3.8) is 0 Å².